The van der Waals surface area contributed by atoms with Gasteiger partial charge >= 0.3 is 24.6 Å². The molecule has 11 nitrogen and oxygen atoms in total. The quantitative estimate of drug-likeness (QED) is 0.490. The van der Waals surface area contributed by atoms with Crippen LogP contribution in [0, 0.1) is 0 Å². The first-order valence-corrected chi connectivity index (χ1v) is 5.90. The molecule has 0 saturated heterocycles. The van der Waals surface area contributed by atoms with Gasteiger partial charge < -0.3 is 34.6 Å². The third kappa shape index (κ3) is 24.8. The molecule has 11 heteroatoms. The first-order chi connectivity index (χ1) is 9.62. The minimum Gasteiger partial charge on any atom is -0.449 e. The molecule has 0 aromatic carbocycles. The van der Waals surface area contributed by atoms with Crippen molar-refractivity contribution in [3.63, 3.8) is 0 Å². The minimum absolute atomic E-state index is 0. The van der Waals surface area contributed by atoms with Crippen LogP contribution >= 0.6 is 0 Å². The van der Waals surface area contributed by atoms with E-state index < -0.39 is 35.8 Å². The van der Waals surface area contributed by atoms with E-state index in [2.05, 4.69) is 18.9 Å². The Hall–Kier alpha value is -2.56. The molecule has 0 heterocycles. The monoisotopic (exact) mass is 342 g/mol. The Bertz CT molecular complexity index is 374. The third-order valence-corrected chi connectivity index (χ3v) is 1.12. The Morgan fingerprint density at radius 2 is 0.870 bits per heavy atom. The second-order valence-electron chi connectivity index (χ2n) is 5.66. The van der Waals surface area contributed by atoms with E-state index in [0.717, 1.165) is 0 Å². The highest BCUT2D eigenvalue weighted by molar-refractivity contribution is 5.76. The van der Waals surface area contributed by atoms with Gasteiger partial charge in [-0.05, 0) is 41.5 Å². The van der Waals surface area contributed by atoms with Crippen molar-refractivity contribution in [1.29, 1.82) is 0 Å². The average molecular weight is 342 g/mol. The van der Waals surface area contributed by atoms with Gasteiger partial charge in [0.15, 0.2) is 0 Å². The van der Waals surface area contributed by atoms with Crippen LogP contribution in [0.1, 0.15) is 41.5 Å². The van der Waals surface area contributed by atoms with Crippen molar-refractivity contribution in [2.24, 2.45) is 0 Å². The lowest BCUT2D eigenvalue weighted by atomic mass is 10.2. The first-order valence-electron chi connectivity index (χ1n) is 5.90. The number of carboxylic acid groups (broad SMARTS) is 2. The molecule has 0 radical (unpaired) electrons. The first kappa shape index (κ1) is 25.4. The maximum atomic E-state index is 10.4. The lowest BCUT2D eigenvalue weighted by Gasteiger charge is -2.17. The fourth-order valence-electron chi connectivity index (χ4n) is 0.684. The summed E-state index contributed by atoms with van der Waals surface area (Å²) >= 11 is 0. The normalized spacial score (nSPS) is 10.0. The molecule has 0 aliphatic carbocycles. The summed E-state index contributed by atoms with van der Waals surface area (Å²) in [6.45, 7) is 9.64. The molecule has 0 fully saturated rings. The molecular formula is C12H22O11. The Morgan fingerprint density at radius 3 is 1.00 bits per heavy atom. The number of rotatable bonds is 0. The lowest BCUT2D eigenvalue weighted by molar-refractivity contribution is -0.00224. The van der Waals surface area contributed by atoms with Crippen LogP contribution in [0.2, 0.25) is 0 Å². The Labute approximate surface area is 132 Å². The van der Waals surface area contributed by atoms with Gasteiger partial charge in [0.05, 0.1) is 0 Å². The molecule has 0 aliphatic rings. The van der Waals surface area contributed by atoms with Crippen molar-refractivity contribution >= 4 is 24.6 Å². The van der Waals surface area contributed by atoms with Crippen LogP contribution in [0.25, 0.3) is 0 Å². The van der Waals surface area contributed by atoms with E-state index in [9.17, 15) is 19.2 Å². The largest absolute Gasteiger partial charge is 0.519 e. The molecule has 0 bridgehead atoms. The zero-order chi connectivity index (χ0) is 18.1. The van der Waals surface area contributed by atoms with Crippen molar-refractivity contribution in [1.82, 2.24) is 0 Å². The van der Waals surface area contributed by atoms with Crippen molar-refractivity contribution in [2.75, 3.05) is 0 Å². The van der Waals surface area contributed by atoms with E-state index in [1.807, 2.05) is 0 Å². The van der Waals surface area contributed by atoms with Crippen LogP contribution in [0.15, 0.2) is 0 Å². The maximum Gasteiger partial charge on any atom is 0.519 e. The number of hydrogen-bond acceptors (Lipinski definition) is 8. The highest BCUT2D eigenvalue weighted by Gasteiger charge is 2.20. The molecule has 0 aromatic heterocycles. The number of carbonyl (C=O) groups excluding carboxylic acids is 2. The smallest absolute Gasteiger partial charge is 0.449 e. The Morgan fingerprint density at radius 1 is 0.652 bits per heavy atom. The van der Waals surface area contributed by atoms with Gasteiger partial charge in [-0.15, -0.1) is 0 Å². The fourth-order valence-corrected chi connectivity index (χ4v) is 0.684. The van der Waals surface area contributed by atoms with Gasteiger partial charge in [-0.3, -0.25) is 0 Å². The van der Waals surface area contributed by atoms with Crippen LogP contribution in [0.4, 0.5) is 19.2 Å². The van der Waals surface area contributed by atoms with E-state index in [-0.39, 0.29) is 5.48 Å². The molecule has 0 aliphatic heterocycles. The molecule has 0 aromatic rings. The predicted molar refractivity (Wildman–Crippen MR) is 74.3 cm³/mol. The summed E-state index contributed by atoms with van der Waals surface area (Å²) < 4.78 is 16.4. The topological polar surface area (TPSA) is 177 Å². The zero-order valence-electron chi connectivity index (χ0n) is 13.7. The van der Waals surface area contributed by atoms with Crippen LogP contribution in [-0.4, -0.2) is 51.5 Å². The summed E-state index contributed by atoms with van der Waals surface area (Å²) in [4.78, 5) is 40.4. The third-order valence-electron chi connectivity index (χ3n) is 1.12. The second kappa shape index (κ2) is 10.2. The van der Waals surface area contributed by atoms with Gasteiger partial charge in [-0.25, -0.2) is 19.2 Å². The second-order valence-corrected chi connectivity index (χ2v) is 5.66. The van der Waals surface area contributed by atoms with E-state index in [0.29, 0.717) is 0 Å². The summed E-state index contributed by atoms with van der Waals surface area (Å²) in [7, 11) is 0. The summed E-state index contributed by atoms with van der Waals surface area (Å²) in [6, 6.07) is 0. The molecule has 23 heavy (non-hydrogen) atoms. The van der Waals surface area contributed by atoms with Gasteiger partial charge in [0.1, 0.15) is 11.2 Å². The standard InChI is InChI=1S/2C6H10O5.H2O/c2*1-6(2,3)11-5(9)10-4(7)8;/h2*1-3H3,(H,7,8);1H2. The molecule has 0 amide bonds. The maximum absolute atomic E-state index is 10.4. The van der Waals surface area contributed by atoms with Crippen LogP contribution in [0.5, 0.6) is 0 Å². The van der Waals surface area contributed by atoms with Gasteiger partial charge in [-0.1, -0.05) is 0 Å². The van der Waals surface area contributed by atoms with Crippen molar-refractivity contribution < 1.29 is 53.8 Å². The van der Waals surface area contributed by atoms with Crippen LogP contribution in [-0.2, 0) is 18.9 Å². The molecule has 0 saturated carbocycles. The zero-order valence-corrected chi connectivity index (χ0v) is 13.7. The molecular weight excluding hydrogens is 320 g/mol. The van der Waals surface area contributed by atoms with Gasteiger partial charge in [0.2, 0.25) is 0 Å². The van der Waals surface area contributed by atoms with E-state index in [1.54, 1.807) is 41.5 Å². The summed E-state index contributed by atoms with van der Waals surface area (Å²) in [6.07, 6.45) is -5.74. The minimum atomic E-state index is -1.67. The summed E-state index contributed by atoms with van der Waals surface area (Å²) in [5.74, 6) is 0. The predicted octanol–water partition coefficient (Wildman–Crippen LogP) is 2.41. The molecule has 0 spiro atoms. The van der Waals surface area contributed by atoms with Crippen molar-refractivity contribution in [3.8, 4) is 0 Å². The van der Waals surface area contributed by atoms with E-state index in [4.69, 9.17) is 10.2 Å². The Balaban J connectivity index is -0.000000333. The highest BCUT2D eigenvalue weighted by atomic mass is 16.8. The molecule has 0 unspecified atom stereocenters. The molecule has 0 atom stereocenters. The fraction of sp³-hybridized carbons (Fsp3) is 0.667. The van der Waals surface area contributed by atoms with E-state index >= 15 is 0 Å². The number of hydrogen-bond donors (Lipinski definition) is 2. The molecule has 0 rings (SSSR count). The summed E-state index contributed by atoms with van der Waals surface area (Å²) in [5, 5.41) is 15.9. The highest BCUT2D eigenvalue weighted by Crippen LogP contribution is 2.08. The average Bonchev–Trinajstić information content (AvgIpc) is 2.07. The Kier molecular flexibility index (Phi) is 11.3. The molecule has 136 valence electrons. The molecule has 4 N–H and O–H groups in total. The SMILES string of the molecule is CC(C)(C)OC(=O)OC(=O)O.CC(C)(C)OC(=O)OC(=O)O.O. The van der Waals surface area contributed by atoms with Gasteiger partial charge in [0, 0.05) is 0 Å². The number of ether oxygens (including phenoxy) is 4. The number of carbonyl (C=O) groups is 4. The van der Waals surface area contributed by atoms with Crippen molar-refractivity contribution in [3.05, 3.63) is 0 Å². The van der Waals surface area contributed by atoms with Crippen LogP contribution < -0.4 is 0 Å². The summed E-state index contributed by atoms with van der Waals surface area (Å²) in [5.41, 5.74) is -1.46. The van der Waals surface area contributed by atoms with Gasteiger partial charge in [-0.2, -0.15) is 0 Å². The lowest BCUT2D eigenvalue weighted by Crippen LogP contribution is -2.25. The van der Waals surface area contributed by atoms with Gasteiger partial charge in [0.25, 0.3) is 0 Å². The van der Waals surface area contributed by atoms with Crippen molar-refractivity contribution in [2.45, 2.75) is 52.7 Å². The van der Waals surface area contributed by atoms with Crippen LogP contribution in [0.3, 0.4) is 0 Å². The van der Waals surface area contributed by atoms with E-state index in [1.165, 1.54) is 0 Å².